The summed E-state index contributed by atoms with van der Waals surface area (Å²) >= 11 is 0. The van der Waals surface area contributed by atoms with Crippen LogP contribution in [0.2, 0.25) is 0 Å². The summed E-state index contributed by atoms with van der Waals surface area (Å²) in [5.41, 5.74) is 16.2. The molecule has 0 aromatic heterocycles. The van der Waals surface area contributed by atoms with E-state index in [-0.39, 0.29) is 23.5 Å². The average Bonchev–Trinajstić information content (AvgIpc) is 2.72. The quantitative estimate of drug-likeness (QED) is 0.238. The Bertz CT molecular complexity index is 776. The van der Waals surface area contributed by atoms with Crippen LogP contribution in [0.15, 0.2) is 36.4 Å². The lowest BCUT2D eigenvalue weighted by atomic mass is 9.76. The van der Waals surface area contributed by atoms with Crippen molar-refractivity contribution in [2.75, 3.05) is 18.8 Å². The summed E-state index contributed by atoms with van der Waals surface area (Å²) in [7, 11) is 0. The normalized spacial score (nSPS) is 18.5. The van der Waals surface area contributed by atoms with Crippen LogP contribution in [-0.4, -0.2) is 29.3 Å². The summed E-state index contributed by atoms with van der Waals surface area (Å²) in [6.07, 6.45) is 8.42. The van der Waals surface area contributed by atoms with E-state index in [0.717, 1.165) is 62.0 Å². The Kier molecular flexibility index (Phi) is 7.78. The molecule has 2 aromatic carbocycles. The van der Waals surface area contributed by atoms with Crippen LogP contribution in [0.25, 0.3) is 0 Å². The molecule has 158 valence electrons. The fraction of sp³-hybridized carbons (Fsp3) is 0.500. The van der Waals surface area contributed by atoms with E-state index in [1.54, 1.807) is 6.07 Å². The molecule has 29 heavy (non-hydrogen) atoms. The zero-order valence-electron chi connectivity index (χ0n) is 17.2. The fourth-order valence-corrected chi connectivity index (χ4v) is 4.37. The van der Waals surface area contributed by atoms with E-state index in [9.17, 15) is 10.2 Å². The van der Waals surface area contributed by atoms with Gasteiger partial charge in [-0.25, -0.2) is 0 Å². The van der Waals surface area contributed by atoms with E-state index < -0.39 is 0 Å². The first-order valence-electron chi connectivity index (χ1n) is 10.9. The zero-order chi connectivity index (χ0) is 20.6. The minimum atomic E-state index is -0.0260. The number of phenolic OH excluding ortho intramolecular Hbond substituents is 2. The van der Waals surface area contributed by atoms with Gasteiger partial charge in [-0.3, -0.25) is 0 Å². The van der Waals surface area contributed by atoms with Crippen molar-refractivity contribution in [3.63, 3.8) is 0 Å². The summed E-state index contributed by atoms with van der Waals surface area (Å²) in [5, 5.41) is 23.4. The second kappa shape index (κ2) is 10.5. The van der Waals surface area contributed by atoms with Gasteiger partial charge in [0.25, 0.3) is 0 Å². The van der Waals surface area contributed by atoms with Crippen LogP contribution in [0.1, 0.15) is 61.1 Å². The largest absolute Gasteiger partial charge is 0.504 e. The van der Waals surface area contributed by atoms with Gasteiger partial charge in [-0.2, -0.15) is 0 Å². The third-order valence-corrected chi connectivity index (χ3v) is 6.13. The van der Waals surface area contributed by atoms with E-state index in [2.05, 4.69) is 17.4 Å². The van der Waals surface area contributed by atoms with Crippen LogP contribution in [0.3, 0.4) is 0 Å². The van der Waals surface area contributed by atoms with Crippen LogP contribution in [0, 0.1) is 0 Å². The first kappa shape index (κ1) is 21.5. The molecule has 7 N–H and O–H groups in total. The highest BCUT2D eigenvalue weighted by Crippen LogP contribution is 2.42. The van der Waals surface area contributed by atoms with Crippen molar-refractivity contribution in [1.29, 1.82) is 0 Å². The summed E-state index contributed by atoms with van der Waals surface area (Å²) < 4.78 is 0. The Morgan fingerprint density at radius 1 is 0.931 bits per heavy atom. The van der Waals surface area contributed by atoms with Gasteiger partial charge in [0.05, 0.1) is 0 Å². The molecule has 3 rings (SSSR count). The van der Waals surface area contributed by atoms with Gasteiger partial charge in [0.15, 0.2) is 11.5 Å². The molecule has 5 nitrogen and oxygen atoms in total. The van der Waals surface area contributed by atoms with Crippen molar-refractivity contribution < 1.29 is 10.2 Å². The highest BCUT2D eigenvalue weighted by Gasteiger charge is 2.29. The van der Waals surface area contributed by atoms with Gasteiger partial charge in [0.1, 0.15) is 0 Å². The van der Waals surface area contributed by atoms with E-state index in [1.807, 2.05) is 18.2 Å². The van der Waals surface area contributed by atoms with Gasteiger partial charge < -0.3 is 27.0 Å². The number of anilines is 1. The lowest BCUT2D eigenvalue weighted by Gasteiger charge is -2.32. The first-order valence-corrected chi connectivity index (χ1v) is 10.9. The predicted molar refractivity (Wildman–Crippen MR) is 119 cm³/mol. The Hall–Kier alpha value is -2.24. The standard InChI is InChI=1S/C24H35N3O2/c25-18-8-6-17(7-9-18)14-16-27-15-4-2-1-3-5-20-19-11-13-23(28)24(29)21(19)10-12-22(20)26/h6-9,11,13,20,22,27-29H,1-5,10,12,14-16,25-26H2. The lowest BCUT2D eigenvalue weighted by Crippen LogP contribution is -2.33. The number of hydrogen-bond acceptors (Lipinski definition) is 5. The number of phenols is 2. The van der Waals surface area contributed by atoms with E-state index in [1.165, 1.54) is 24.8 Å². The number of fused-ring (bicyclic) bond motifs is 1. The van der Waals surface area contributed by atoms with Crippen molar-refractivity contribution in [3.8, 4) is 11.5 Å². The number of benzene rings is 2. The van der Waals surface area contributed by atoms with E-state index >= 15 is 0 Å². The maximum atomic E-state index is 10.1. The molecule has 0 aliphatic heterocycles. The van der Waals surface area contributed by atoms with Crippen molar-refractivity contribution in [2.24, 2.45) is 5.73 Å². The number of nitrogens with two attached hydrogens (primary N) is 2. The lowest BCUT2D eigenvalue weighted by molar-refractivity contribution is 0.380. The van der Waals surface area contributed by atoms with Crippen LogP contribution < -0.4 is 16.8 Å². The zero-order valence-corrected chi connectivity index (χ0v) is 17.2. The van der Waals surface area contributed by atoms with Gasteiger partial charge in [-0.15, -0.1) is 0 Å². The number of nitrogens with one attached hydrogen (secondary N) is 1. The number of unbranched alkanes of at least 4 members (excludes halogenated alkanes) is 3. The molecule has 0 saturated heterocycles. The Balaban J connectivity index is 1.31. The van der Waals surface area contributed by atoms with Gasteiger partial charge >= 0.3 is 0 Å². The monoisotopic (exact) mass is 397 g/mol. The number of hydrogen-bond donors (Lipinski definition) is 5. The average molecular weight is 398 g/mol. The van der Waals surface area contributed by atoms with Gasteiger partial charge in [0, 0.05) is 17.3 Å². The van der Waals surface area contributed by atoms with Crippen molar-refractivity contribution in [3.05, 3.63) is 53.1 Å². The summed E-state index contributed by atoms with van der Waals surface area (Å²) in [4.78, 5) is 0. The minimum Gasteiger partial charge on any atom is -0.504 e. The van der Waals surface area contributed by atoms with Gasteiger partial charge in [-0.05, 0) is 80.4 Å². The molecule has 2 unspecified atom stereocenters. The third-order valence-electron chi connectivity index (χ3n) is 6.13. The molecule has 5 heteroatoms. The van der Waals surface area contributed by atoms with Crippen LogP contribution in [0.4, 0.5) is 5.69 Å². The SMILES string of the molecule is Nc1ccc(CCNCCCCCCC2c3ccc(O)c(O)c3CCC2N)cc1. The molecule has 0 heterocycles. The van der Waals surface area contributed by atoms with Crippen LogP contribution in [0.5, 0.6) is 11.5 Å². The molecule has 0 fully saturated rings. The maximum absolute atomic E-state index is 10.1. The molecule has 0 radical (unpaired) electrons. The molecule has 0 saturated carbocycles. The summed E-state index contributed by atoms with van der Waals surface area (Å²) in [6, 6.07) is 11.8. The van der Waals surface area contributed by atoms with Gasteiger partial charge in [-0.1, -0.05) is 37.5 Å². The molecule has 0 bridgehead atoms. The first-order chi connectivity index (χ1) is 14.1. The molecule has 1 aliphatic rings. The highest BCUT2D eigenvalue weighted by molar-refractivity contribution is 5.51. The summed E-state index contributed by atoms with van der Waals surface area (Å²) in [5.74, 6) is 0.301. The molecular formula is C24H35N3O2. The predicted octanol–water partition coefficient (Wildman–Crippen LogP) is 3.82. The highest BCUT2D eigenvalue weighted by atomic mass is 16.3. The molecule has 1 aliphatic carbocycles. The molecule has 2 atom stereocenters. The second-order valence-corrected chi connectivity index (χ2v) is 8.25. The smallest absolute Gasteiger partial charge is 0.160 e. The molecular weight excluding hydrogens is 362 g/mol. The van der Waals surface area contributed by atoms with Crippen molar-refractivity contribution in [1.82, 2.24) is 5.32 Å². The molecule has 0 amide bonds. The van der Waals surface area contributed by atoms with Crippen molar-refractivity contribution >= 4 is 5.69 Å². The van der Waals surface area contributed by atoms with Crippen LogP contribution in [-0.2, 0) is 12.8 Å². The Morgan fingerprint density at radius 2 is 1.69 bits per heavy atom. The number of aromatic hydroxyl groups is 2. The van der Waals surface area contributed by atoms with Gasteiger partial charge in [0.2, 0.25) is 0 Å². The Labute approximate surface area is 174 Å². The fourth-order valence-electron chi connectivity index (χ4n) is 4.37. The molecule has 0 spiro atoms. The molecule has 2 aromatic rings. The van der Waals surface area contributed by atoms with E-state index in [4.69, 9.17) is 11.5 Å². The Morgan fingerprint density at radius 3 is 2.48 bits per heavy atom. The summed E-state index contributed by atoms with van der Waals surface area (Å²) in [6.45, 7) is 2.04. The second-order valence-electron chi connectivity index (χ2n) is 8.25. The minimum absolute atomic E-state index is 0.0260. The number of rotatable bonds is 10. The van der Waals surface area contributed by atoms with Crippen LogP contribution >= 0.6 is 0 Å². The third kappa shape index (κ3) is 5.87. The van der Waals surface area contributed by atoms with Crippen molar-refractivity contribution in [2.45, 2.75) is 63.3 Å². The maximum Gasteiger partial charge on any atom is 0.160 e. The van der Waals surface area contributed by atoms with E-state index in [0.29, 0.717) is 0 Å². The number of nitrogen functional groups attached to an aromatic ring is 1. The topological polar surface area (TPSA) is 105 Å².